The van der Waals surface area contributed by atoms with Crippen molar-refractivity contribution in [1.82, 2.24) is 10.2 Å². The second kappa shape index (κ2) is 5.60. The molecule has 92 valence electrons. The Labute approximate surface area is 110 Å². The number of benzene rings is 1. The lowest BCUT2D eigenvalue weighted by molar-refractivity contribution is 0.0991. The van der Waals surface area contributed by atoms with Crippen molar-refractivity contribution >= 4 is 17.4 Å². The van der Waals surface area contributed by atoms with Gasteiger partial charge in [0, 0.05) is 16.7 Å². The summed E-state index contributed by atoms with van der Waals surface area (Å²) in [5, 5.41) is 8.33. The number of carbonyl (C=O) groups is 1. The minimum atomic E-state index is -0.0221. The number of ether oxygens (including phenoxy) is 1. The standard InChI is InChI=1S/C13H11ClN2O2/c1-18-13-7-6-11(15-16-13)8-12(17)9-2-4-10(14)5-3-9/h2-7H,8H2,1H3. The van der Waals surface area contributed by atoms with Gasteiger partial charge in [0.25, 0.3) is 0 Å². The Hall–Kier alpha value is -1.94. The lowest BCUT2D eigenvalue weighted by atomic mass is 10.1. The predicted octanol–water partition coefficient (Wildman–Crippen LogP) is 2.56. The first-order chi connectivity index (χ1) is 8.69. The minimum absolute atomic E-state index is 0.0221. The molecule has 0 amide bonds. The normalized spacial score (nSPS) is 10.1. The Morgan fingerprint density at radius 2 is 1.89 bits per heavy atom. The molecular formula is C13H11ClN2O2. The molecule has 0 spiro atoms. The zero-order valence-corrected chi connectivity index (χ0v) is 10.5. The Kier molecular flexibility index (Phi) is 3.89. The highest BCUT2D eigenvalue weighted by Gasteiger charge is 2.08. The molecule has 0 unspecified atom stereocenters. The van der Waals surface area contributed by atoms with Crippen LogP contribution in [0.1, 0.15) is 16.1 Å². The summed E-state index contributed by atoms with van der Waals surface area (Å²) in [6, 6.07) is 10.2. The van der Waals surface area contributed by atoms with Gasteiger partial charge in [-0.3, -0.25) is 4.79 Å². The van der Waals surface area contributed by atoms with Gasteiger partial charge in [-0.15, -0.1) is 5.10 Å². The molecule has 0 saturated carbocycles. The molecule has 0 aliphatic rings. The van der Waals surface area contributed by atoms with Gasteiger partial charge in [-0.1, -0.05) is 11.6 Å². The third kappa shape index (κ3) is 3.05. The van der Waals surface area contributed by atoms with E-state index in [1.165, 1.54) is 7.11 Å². The van der Waals surface area contributed by atoms with E-state index in [0.29, 0.717) is 22.2 Å². The third-order valence-corrected chi connectivity index (χ3v) is 2.66. The summed E-state index contributed by atoms with van der Waals surface area (Å²) in [4.78, 5) is 11.9. The van der Waals surface area contributed by atoms with Gasteiger partial charge in [0.1, 0.15) is 0 Å². The number of rotatable bonds is 4. The number of methoxy groups -OCH3 is 1. The number of carbonyl (C=O) groups excluding carboxylic acids is 1. The Morgan fingerprint density at radius 1 is 1.17 bits per heavy atom. The molecule has 4 nitrogen and oxygen atoms in total. The van der Waals surface area contributed by atoms with Crippen molar-refractivity contribution in [2.24, 2.45) is 0 Å². The second-order valence-corrected chi connectivity index (χ2v) is 4.11. The van der Waals surface area contributed by atoms with Crippen LogP contribution in [-0.2, 0) is 6.42 Å². The quantitative estimate of drug-likeness (QED) is 0.795. The number of hydrogen-bond acceptors (Lipinski definition) is 4. The Bertz CT molecular complexity index is 538. The maximum atomic E-state index is 11.9. The van der Waals surface area contributed by atoms with E-state index in [1.807, 2.05) is 0 Å². The lowest BCUT2D eigenvalue weighted by Gasteiger charge is -2.01. The van der Waals surface area contributed by atoms with Gasteiger partial charge in [-0.25, -0.2) is 0 Å². The first-order valence-corrected chi connectivity index (χ1v) is 5.72. The molecule has 0 bridgehead atoms. The van der Waals surface area contributed by atoms with Gasteiger partial charge in [0.2, 0.25) is 5.88 Å². The van der Waals surface area contributed by atoms with Crippen LogP contribution in [0.15, 0.2) is 36.4 Å². The predicted molar refractivity (Wildman–Crippen MR) is 68.1 cm³/mol. The topological polar surface area (TPSA) is 52.1 Å². The van der Waals surface area contributed by atoms with E-state index in [1.54, 1.807) is 36.4 Å². The monoisotopic (exact) mass is 262 g/mol. The van der Waals surface area contributed by atoms with Gasteiger partial charge in [-0.2, -0.15) is 5.10 Å². The van der Waals surface area contributed by atoms with Crippen LogP contribution >= 0.6 is 11.6 Å². The highest BCUT2D eigenvalue weighted by atomic mass is 35.5. The molecular weight excluding hydrogens is 252 g/mol. The number of Topliss-reactive ketones (excluding diaryl/α,β-unsaturated/α-hetero) is 1. The highest BCUT2D eigenvalue weighted by Crippen LogP contribution is 2.12. The summed E-state index contributed by atoms with van der Waals surface area (Å²) in [5.41, 5.74) is 1.22. The smallest absolute Gasteiger partial charge is 0.233 e. The van der Waals surface area contributed by atoms with Crippen LogP contribution in [0.3, 0.4) is 0 Å². The van der Waals surface area contributed by atoms with Crippen LogP contribution < -0.4 is 4.74 Å². The summed E-state index contributed by atoms with van der Waals surface area (Å²) >= 11 is 5.76. The van der Waals surface area contributed by atoms with Crippen LogP contribution in [0.5, 0.6) is 5.88 Å². The van der Waals surface area contributed by atoms with E-state index >= 15 is 0 Å². The van der Waals surface area contributed by atoms with Crippen LogP contribution in [-0.4, -0.2) is 23.1 Å². The maximum absolute atomic E-state index is 11.9. The SMILES string of the molecule is COc1ccc(CC(=O)c2ccc(Cl)cc2)nn1. The van der Waals surface area contributed by atoms with Gasteiger partial charge in [-0.05, 0) is 30.3 Å². The first kappa shape index (κ1) is 12.5. The van der Waals surface area contributed by atoms with Crippen molar-refractivity contribution in [3.63, 3.8) is 0 Å². The van der Waals surface area contributed by atoms with Crippen molar-refractivity contribution in [2.45, 2.75) is 6.42 Å². The number of nitrogens with zero attached hydrogens (tertiary/aromatic N) is 2. The molecule has 2 aromatic rings. The Morgan fingerprint density at radius 3 is 2.44 bits per heavy atom. The highest BCUT2D eigenvalue weighted by molar-refractivity contribution is 6.30. The summed E-state index contributed by atoms with van der Waals surface area (Å²) in [6.45, 7) is 0. The van der Waals surface area contributed by atoms with E-state index in [4.69, 9.17) is 16.3 Å². The number of ketones is 1. The number of halogens is 1. The van der Waals surface area contributed by atoms with E-state index in [-0.39, 0.29) is 12.2 Å². The van der Waals surface area contributed by atoms with Gasteiger partial charge in [0.15, 0.2) is 5.78 Å². The van der Waals surface area contributed by atoms with E-state index in [0.717, 1.165) is 0 Å². The van der Waals surface area contributed by atoms with Crippen LogP contribution in [0.4, 0.5) is 0 Å². The third-order valence-electron chi connectivity index (χ3n) is 2.41. The van der Waals surface area contributed by atoms with Gasteiger partial charge >= 0.3 is 0 Å². The summed E-state index contributed by atoms with van der Waals surface area (Å²) in [7, 11) is 1.52. The molecule has 1 aromatic heterocycles. The molecule has 0 fully saturated rings. The fourth-order valence-electron chi connectivity index (χ4n) is 1.45. The van der Waals surface area contributed by atoms with Crippen molar-refractivity contribution < 1.29 is 9.53 Å². The molecule has 0 aliphatic carbocycles. The van der Waals surface area contributed by atoms with Crippen LogP contribution in [0.2, 0.25) is 5.02 Å². The first-order valence-electron chi connectivity index (χ1n) is 5.34. The summed E-state index contributed by atoms with van der Waals surface area (Å²) in [6.07, 6.45) is 0.207. The summed E-state index contributed by atoms with van der Waals surface area (Å²) < 4.78 is 4.90. The Balaban J connectivity index is 2.08. The van der Waals surface area contributed by atoms with Crippen LogP contribution in [0, 0.1) is 0 Å². The van der Waals surface area contributed by atoms with E-state index in [9.17, 15) is 4.79 Å². The van der Waals surface area contributed by atoms with Crippen molar-refractivity contribution in [2.75, 3.05) is 7.11 Å². The van der Waals surface area contributed by atoms with Crippen LogP contribution in [0.25, 0.3) is 0 Å². The van der Waals surface area contributed by atoms with E-state index < -0.39 is 0 Å². The second-order valence-electron chi connectivity index (χ2n) is 3.67. The fraction of sp³-hybridized carbons (Fsp3) is 0.154. The van der Waals surface area contributed by atoms with Crippen molar-refractivity contribution in [3.05, 3.63) is 52.7 Å². The van der Waals surface area contributed by atoms with Crippen molar-refractivity contribution in [1.29, 1.82) is 0 Å². The van der Waals surface area contributed by atoms with Gasteiger partial charge in [0.05, 0.1) is 19.2 Å². The largest absolute Gasteiger partial charge is 0.480 e. The zero-order valence-electron chi connectivity index (χ0n) is 9.76. The number of aromatic nitrogens is 2. The molecule has 2 rings (SSSR count). The van der Waals surface area contributed by atoms with E-state index in [2.05, 4.69) is 10.2 Å². The molecule has 5 heteroatoms. The average Bonchev–Trinajstić information content (AvgIpc) is 2.40. The molecule has 1 aromatic carbocycles. The molecule has 18 heavy (non-hydrogen) atoms. The lowest BCUT2D eigenvalue weighted by Crippen LogP contribution is -2.06. The fourth-order valence-corrected chi connectivity index (χ4v) is 1.58. The summed E-state index contributed by atoms with van der Waals surface area (Å²) in [5.74, 6) is 0.406. The van der Waals surface area contributed by atoms with Crippen molar-refractivity contribution in [3.8, 4) is 5.88 Å². The molecule has 0 saturated heterocycles. The minimum Gasteiger partial charge on any atom is -0.480 e. The molecule has 1 heterocycles. The maximum Gasteiger partial charge on any atom is 0.233 e. The van der Waals surface area contributed by atoms with Gasteiger partial charge < -0.3 is 4.74 Å². The molecule has 0 radical (unpaired) electrons. The number of hydrogen-bond donors (Lipinski definition) is 0. The zero-order chi connectivity index (χ0) is 13.0. The average molecular weight is 263 g/mol. The molecule has 0 N–H and O–H groups in total. The molecule has 0 aliphatic heterocycles. The molecule has 0 atom stereocenters.